The smallest absolute Gasteiger partial charge is 0.245 e. The summed E-state index contributed by atoms with van der Waals surface area (Å²) in [5.41, 5.74) is 0. The fraction of sp³-hybridized carbons (Fsp3) is 0.538. The van der Waals surface area contributed by atoms with E-state index in [1.807, 2.05) is 0 Å². The average molecular weight is 417 g/mol. The molecule has 21 heavy (non-hydrogen) atoms. The van der Waals surface area contributed by atoms with Gasteiger partial charge in [-0.2, -0.15) is 0 Å². The van der Waals surface area contributed by atoms with E-state index in [1.54, 1.807) is 7.05 Å². The van der Waals surface area contributed by atoms with Crippen LogP contribution in [0.5, 0.6) is 0 Å². The van der Waals surface area contributed by atoms with Gasteiger partial charge in [-0.25, -0.2) is 12.7 Å². The maximum Gasteiger partial charge on any atom is 0.245 e. The number of ether oxygens (including phenoxy) is 1. The van der Waals surface area contributed by atoms with Crippen molar-refractivity contribution in [2.75, 3.05) is 26.8 Å². The van der Waals surface area contributed by atoms with Crippen molar-refractivity contribution < 1.29 is 13.2 Å². The van der Waals surface area contributed by atoms with Crippen molar-refractivity contribution in [3.05, 3.63) is 26.7 Å². The first-order chi connectivity index (χ1) is 9.82. The van der Waals surface area contributed by atoms with Gasteiger partial charge in [0.1, 0.15) is 4.90 Å². The number of sulfonamides is 1. The summed E-state index contributed by atoms with van der Waals surface area (Å²) in [6, 6.07) is 3.06. The van der Waals surface area contributed by atoms with E-state index in [1.165, 1.54) is 16.4 Å². The summed E-state index contributed by atoms with van der Waals surface area (Å²) in [5, 5.41) is 0.237. The zero-order valence-corrected chi connectivity index (χ0v) is 15.4. The van der Waals surface area contributed by atoms with Gasteiger partial charge in [-0.05, 0) is 30.9 Å². The largest absolute Gasteiger partial charge is 0.381 e. The minimum absolute atomic E-state index is 0.0383. The lowest BCUT2D eigenvalue weighted by Gasteiger charge is -2.27. The third-order valence-corrected chi connectivity index (χ3v) is 6.69. The van der Waals surface area contributed by atoms with Crippen molar-refractivity contribution in [1.82, 2.24) is 4.31 Å². The van der Waals surface area contributed by atoms with Gasteiger partial charge in [-0.15, -0.1) is 0 Å². The Hall–Kier alpha value is 0.150. The predicted molar refractivity (Wildman–Crippen MR) is 87.5 cm³/mol. The fourth-order valence-electron chi connectivity index (χ4n) is 2.32. The lowest BCUT2D eigenvalue weighted by atomic mass is 10.0. The average Bonchev–Trinajstić information content (AvgIpc) is 2.38. The molecule has 1 saturated heterocycles. The summed E-state index contributed by atoms with van der Waals surface area (Å²) in [4.78, 5) is -0.0383. The quantitative estimate of drug-likeness (QED) is 0.749. The number of hydrogen-bond donors (Lipinski definition) is 0. The monoisotopic (exact) mass is 415 g/mol. The van der Waals surface area contributed by atoms with Crippen LogP contribution in [0.3, 0.4) is 0 Å². The van der Waals surface area contributed by atoms with Gasteiger partial charge >= 0.3 is 0 Å². The summed E-state index contributed by atoms with van der Waals surface area (Å²) in [6.45, 7) is 1.80. The summed E-state index contributed by atoms with van der Waals surface area (Å²) in [7, 11) is -2.15. The Labute approximate surface area is 143 Å². The highest BCUT2D eigenvalue weighted by Crippen LogP contribution is 2.34. The molecule has 0 amide bonds. The lowest BCUT2D eigenvalue weighted by molar-refractivity contribution is 0.0620. The number of hydrogen-bond acceptors (Lipinski definition) is 3. The van der Waals surface area contributed by atoms with Gasteiger partial charge in [0.15, 0.2) is 0 Å². The highest BCUT2D eigenvalue weighted by molar-refractivity contribution is 9.10. The van der Waals surface area contributed by atoms with Crippen LogP contribution in [0.25, 0.3) is 0 Å². The van der Waals surface area contributed by atoms with Crippen LogP contribution in [0.2, 0.25) is 10.0 Å². The first-order valence-electron chi connectivity index (χ1n) is 6.51. The van der Waals surface area contributed by atoms with Gasteiger partial charge in [0, 0.05) is 31.3 Å². The van der Waals surface area contributed by atoms with Crippen molar-refractivity contribution >= 4 is 49.2 Å². The van der Waals surface area contributed by atoms with Crippen molar-refractivity contribution in [3.8, 4) is 0 Å². The van der Waals surface area contributed by atoms with E-state index in [9.17, 15) is 8.42 Å². The van der Waals surface area contributed by atoms with Gasteiger partial charge in [0.05, 0.1) is 10.0 Å². The van der Waals surface area contributed by atoms with E-state index in [4.69, 9.17) is 27.9 Å². The van der Waals surface area contributed by atoms with E-state index in [2.05, 4.69) is 15.9 Å². The second-order valence-corrected chi connectivity index (χ2v) is 8.75. The molecule has 0 unspecified atom stereocenters. The molecule has 1 aromatic carbocycles. The van der Waals surface area contributed by atoms with E-state index in [0.717, 1.165) is 12.8 Å². The molecule has 0 spiro atoms. The predicted octanol–water partition coefficient (Wildman–Crippen LogP) is 3.80. The molecule has 0 radical (unpaired) electrons. The van der Waals surface area contributed by atoms with E-state index in [0.29, 0.717) is 30.1 Å². The molecule has 1 fully saturated rings. The summed E-state index contributed by atoms with van der Waals surface area (Å²) >= 11 is 15.4. The first-order valence-corrected chi connectivity index (χ1v) is 9.50. The van der Waals surface area contributed by atoms with Crippen LogP contribution in [0, 0.1) is 5.92 Å². The Kier molecular flexibility index (Phi) is 5.96. The Balaban J connectivity index is 2.24. The van der Waals surface area contributed by atoms with Gasteiger partial charge in [-0.1, -0.05) is 39.1 Å². The molecule has 0 atom stereocenters. The topological polar surface area (TPSA) is 46.6 Å². The van der Waals surface area contributed by atoms with E-state index < -0.39 is 10.0 Å². The number of benzene rings is 1. The fourth-order valence-corrected chi connectivity index (χ4v) is 5.44. The Morgan fingerprint density at radius 1 is 1.29 bits per heavy atom. The van der Waals surface area contributed by atoms with Gasteiger partial charge in [-0.3, -0.25) is 0 Å². The van der Waals surface area contributed by atoms with Crippen molar-refractivity contribution in [2.45, 2.75) is 17.7 Å². The zero-order chi connectivity index (χ0) is 15.6. The molecule has 8 heteroatoms. The molecular weight excluding hydrogens is 401 g/mol. The van der Waals surface area contributed by atoms with Crippen LogP contribution in [0.15, 0.2) is 21.5 Å². The number of rotatable bonds is 4. The Morgan fingerprint density at radius 2 is 1.81 bits per heavy atom. The molecule has 0 N–H and O–H groups in total. The Morgan fingerprint density at radius 3 is 2.33 bits per heavy atom. The lowest BCUT2D eigenvalue weighted by Crippen LogP contribution is -2.34. The molecule has 0 saturated carbocycles. The zero-order valence-electron chi connectivity index (χ0n) is 11.5. The number of halogens is 3. The van der Waals surface area contributed by atoms with Crippen LogP contribution >= 0.6 is 39.1 Å². The van der Waals surface area contributed by atoms with Gasteiger partial charge in [0.2, 0.25) is 10.0 Å². The highest BCUT2D eigenvalue weighted by atomic mass is 79.9. The van der Waals surface area contributed by atoms with Crippen molar-refractivity contribution in [1.29, 1.82) is 0 Å². The summed E-state index contributed by atoms with van der Waals surface area (Å²) in [5.74, 6) is 0.298. The van der Waals surface area contributed by atoms with Crippen LogP contribution in [-0.2, 0) is 14.8 Å². The van der Waals surface area contributed by atoms with Crippen LogP contribution < -0.4 is 0 Å². The van der Waals surface area contributed by atoms with Crippen LogP contribution in [0.1, 0.15) is 12.8 Å². The Bertz CT molecular complexity index is 595. The number of nitrogens with zero attached hydrogens (tertiary/aromatic N) is 1. The second kappa shape index (κ2) is 7.15. The molecule has 1 aliphatic heterocycles. The second-order valence-electron chi connectivity index (χ2n) is 5.04. The molecule has 0 aromatic heterocycles. The van der Waals surface area contributed by atoms with E-state index >= 15 is 0 Å². The minimum Gasteiger partial charge on any atom is -0.381 e. The van der Waals surface area contributed by atoms with Crippen molar-refractivity contribution in [2.24, 2.45) is 5.92 Å². The molecule has 118 valence electrons. The van der Waals surface area contributed by atoms with Crippen LogP contribution in [0.4, 0.5) is 0 Å². The maximum atomic E-state index is 12.7. The summed E-state index contributed by atoms with van der Waals surface area (Å²) in [6.07, 6.45) is 1.73. The molecule has 0 bridgehead atoms. The normalized spacial score (nSPS) is 17.4. The molecule has 1 heterocycles. The maximum absolute atomic E-state index is 12.7. The third kappa shape index (κ3) is 4.12. The minimum atomic E-state index is -3.71. The third-order valence-electron chi connectivity index (χ3n) is 3.49. The standard InChI is InChI=1S/C13H16BrCl2NO3S/c1-17(8-9-2-4-20-5-3-9)21(18,19)13-11(15)6-10(14)7-12(13)16/h6-7,9H,2-5,8H2,1H3. The molecule has 1 aliphatic rings. The first kappa shape index (κ1) is 17.5. The molecular formula is C13H16BrCl2NO3S. The molecule has 2 rings (SSSR count). The SMILES string of the molecule is CN(CC1CCOCC1)S(=O)(=O)c1c(Cl)cc(Br)cc1Cl. The van der Waals surface area contributed by atoms with Gasteiger partial charge in [0.25, 0.3) is 0 Å². The molecule has 1 aromatic rings. The van der Waals surface area contributed by atoms with Crippen LogP contribution in [-0.4, -0.2) is 39.5 Å². The highest BCUT2D eigenvalue weighted by Gasteiger charge is 2.29. The van der Waals surface area contributed by atoms with E-state index in [-0.39, 0.29) is 14.9 Å². The van der Waals surface area contributed by atoms with Crippen molar-refractivity contribution in [3.63, 3.8) is 0 Å². The molecule has 4 nitrogen and oxygen atoms in total. The summed E-state index contributed by atoms with van der Waals surface area (Å²) < 4.78 is 32.6. The van der Waals surface area contributed by atoms with Gasteiger partial charge < -0.3 is 4.74 Å². The molecule has 0 aliphatic carbocycles.